The Kier molecular flexibility index (Phi) is 3.86. The van der Waals surface area contributed by atoms with Crippen LogP contribution in [0.25, 0.3) is 0 Å². The van der Waals surface area contributed by atoms with Crippen molar-refractivity contribution in [2.24, 2.45) is 0 Å². The fraction of sp³-hybridized carbons (Fsp3) is 0.833. The molecule has 2 atom stereocenters. The minimum atomic E-state index is 0.260. The smallest absolute Gasteiger partial charge is 0.239 e. The number of hydrogen-bond donors (Lipinski definition) is 1. The maximum absolute atomic E-state index is 5.44. The van der Waals surface area contributed by atoms with Gasteiger partial charge in [0, 0.05) is 26.2 Å². The molecule has 0 aliphatic carbocycles. The second-order valence-corrected chi connectivity index (χ2v) is 6.27. The SMILES string of the molecule is CC(c1noc(C2CCCS2)n1)N1CCNCC1. The first-order valence-corrected chi connectivity index (χ1v) is 7.79. The van der Waals surface area contributed by atoms with Gasteiger partial charge in [0.05, 0.1) is 11.3 Å². The van der Waals surface area contributed by atoms with Gasteiger partial charge in [-0.05, 0) is 25.5 Å². The van der Waals surface area contributed by atoms with Crippen molar-refractivity contribution in [3.05, 3.63) is 11.7 Å². The summed E-state index contributed by atoms with van der Waals surface area (Å²) in [5.74, 6) is 2.89. The molecular formula is C12H20N4OS. The van der Waals surface area contributed by atoms with Crippen LogP contribution in [-0.2, 0) is 0 Å². The van der Waals surface area contributed by atoms with Gasteiger partial charge in [-0.1, -0.05) is 5.16 Å². The third kappa shape index (κ3) is 2.55. The Morgan fingerprint density at radius 3 is 3.00 bits per heavy atom. The van der Waals surface area contributed by atoms with Crippen molar-refractivity contribution >= 4 is 11.8 Å². The molecule has 0 radical (unpaired) electrons. The molecule has 2 aliphatic rings. The van der Waals surface area contributed by atoms with Gasteiger partial charge in [0.1, 0.15) is 0 Å². The summed E-state index contributed by atoms with van der Waals surface area (Å²) >= 11 is 1.94. The Morgan fingerprint density at radius 2 is 2.28 bits per heavy atom. The molecule has 6 heteroatoms. The van der Waals surface area contributed by atoms with E-state index in [-0.39, 0.29) is 6.04 Å². The van der Waals surface area contributed by atoms with Crippen molar-refractivity contribution in [2.75, 3.05) is 31.9 Å². The molecular weight excluding hydrogens is 248 g/mol. The van der Waals surface area contributed by atoms with Gasteiger partial charge < -0.3 is 9.84 Å². The zero-order chi connectivity index (χ0) is 12.4. The number of rotatable bonds is 3. The summed E-state index contributed by atoms with van der Waals surface area (Å²) in [5, 5.41) is 7.97. The topological polar surface area (TPSA) is 54.2 Å². The summed E-state index contributed by atoms with van der Waals surface area (Å²) in [7, 11) is 0. The van der Waals surface area contributed by atoms with Crippen LogP contribution in [0.4, 0.5) is 0 Å². The van der Waals surface area contributed by atoms with Crippen molar-refractivity contribution in [1.29, 1.82) is 0 Å². The van der Waals surface area contributed by atoms with Crippen molar-refractivity contribution in [2.45, 2.75) is 31.1 Å². The molecule has 2 aliphatic heterocycles. The molecule has 100 valence electrons. The monoisotopic (exact) mass is 268 g/mol. The number of aromatic nitrogens is 2. The molecule has 1 N–H and O–H groups in total. The molecule has 0 spiro atoms. The minimum absolute atomic E-state index is 0.260. The summed E-state index contributed by atoms with van der Waals surface area (Å²) < 4.78 is 5.44. The van der Waals surface area contributed by atoms with Gasteiger partial charge in [-0.25, -0.2) is 0 Å². The van der Waals surface area contributed by atoms with E-state index in [1.54, 1.807) is 0 Å². The van der Waals surface area contributed by atoms with E-state index in [1.807, 2.05) is 11.8 Å². The summed E-state index contributed by atoms with van der Waals surface area (Å²) in [6.07, 6.45) is 2.44. The molecule has 18 heavy (non-hydrogen) atoms. The van der Waals surface area contributed by atoms with Crippen molar-refractivity contribution in [3.8, 4) is 0 Å². The van der Waals surface area contributed by atoms with E-state index in [1.165, 1.54) is 18.6 Å². The summed E-state index contributed by atoms with van der Waals surface area (Å²) in [4.78, 5) is 7.02. The van der Waals surface area contributed by atoms with Crippen molar-refractivity contribution in [3.63, 3.8) is 0 Å². The van der Waals surface area contributed by atoms with Gasteiger partial charge in [0.2, 0.25) is 5.89 Å². The lowest BCUT2D eigenvalue weighted by atomic mass is 10.2. The second-order valence-electron chi connectivity index (χ2n) is 4.95. The molecule has 0 aromatic carbocycles. The number of nitrogens with one attached hydrogen (secondary N) is 1. The average Bonchev–Trinajstić information content (AvgIpc) is 3.09. The van der Waals surface area contributed by atoms with E-state index in [0.29, 0.717) is 5.25 Å². The highest BCUT2D eigenvalue weighted by atomic mass is 32.2. The number of hydrogen-bond acceptors (Lipinski definition) is 6. The van der Waals surface area contributed by atoms with E-state index in [4.69, 9.17) is 4.52 Å². The van der Waals surface area contributed by atoms with Gasteiger partial charge >= 0.3 is 0 Å². The van der Waals surface area contributed by atoms with Crippen LogP contribution in [0, 0.1) is 0 Å². The zero-order valence-electron chi connectivity index (χ0n) is 10.8. The molecule has 2 fully saturated rings. The first-order valence-electron chi connectivity index (χ1n) is 6.74. The molecule has 2 saturated heterocycles. The molecule has 0 saturated carbocycles. The Morgan fingerprint density at radius 1 is 1.44 bits per heavy atom. The standard InChI is InChI=1S/C12H20N4OS/c1-9(16-6-4-13-5-7-16)11-14-12(17-15-11)10-3-2-8-18-10/h9-10,13H,2-8H2,1H3. The molecule has 1 aromatic rings. The Bertz CT molecular complexity index is 385. The van der Waals surface area contributed by atoms with E-state index in [2.05, 4.69) is 27.3 Å². The maximum Gasteiger partial charge on any atom is 0.239 e. The fourth-order valence-corrected chi connectivity index (χ4v) is 3.74. The fourth-order valence-electron chi connectivity index (χ4n) is 2.55. The molecule has 0 bridgehead atoms. The predicted molar refractivity (Wildman–Crippen MR) is 71.6 cm³/mol. The van der Waals surface area contributed by atoms with E-state index < -0.39 is 0 Å². The van der Waals surface area contributed by atoms with Gasteiger partial charge in [-0.2, -0.15) is 4.98 Å². The lowest BCUT2D eigenvalue weighted by Crippen LogP contribution is -2.44. The third-order valence-electron chi connectivity index (χ3n) is 3.74. The number of thioether (sulfide) groups is 1. The highest BCUT2D eigenvalue weighted by Crippen LogP contribution is 2.39. The van der Waals surface area contributed by atoms with E-state index in [9.17, 15) is 0 Å². The Labute approximate surface area is 112 Å². The molecule has 0 amide bonds. The van der Waals surface area contributed by atoms with Crippen LogP contribution in [0.5, 0.6) is 0 Å². The number of piperazine rings is 1. The Hall–Kier alpha value is -0.590. The Balaban J connectivity index is 1.67. The molecule has 3 rings (SSSR count). The van der Waals surface area contributed by atoms with Crippen LogP contribution in [0.3, 0.4) is 0 Å². The van der Waals surface area contributed by atoms with E-state index in [0.717, 1.165) is 37.9 Å². The predicted octanol–water partition coefficient (Wildman–Crippen LogP) is 1.60. The normalized spacial score (nSPS) is 27.5. The molecule has 3 heterocycles. The molecule has 5 nitrogen and oxygen atoms in total. The first kappa shape index (κ1) is 12.4. The highest BCUT2D eigenvalue weighted by Gasteiger charge is 2.27. The molecule has 1 aromatic heterocycles. The van der Waals surface area contributed by atoms with Crippen LogP contribution in [-0.4, -0.2) is 47.0 Å². The number of nitrogens with zero attached hydrogens (tertiary/aromatic N) is 3. The third-order valence-corrected chi connectivity index (χ3v) is 5.10. The van der Waals surface area contributed by atoms with Gasteiger partial charge in [-0.3, -0.25) is 4.90 Å². The van der Waals surface area contributed by atoms with Crippen LogP contribution in [0.15, 0.2) is 4.52 Å². The van der Waals surface area contributed by atoms with Gasteiger partial charge in [0.25, 0.3) is 0 Å². The van der Waals surface area contributed by atoms with Crippen molar-refractivity contribution < 1.29 is 4.52 Å². The second kappa shape index (κ2) is 5.59. The van der Waals surface area contributed by atoms with Crippen LogP contribution in [0.2, 0.25) is 0 Å². The van der Waals surface area contributed by atoms with Crippen LogP contribution in [0.1, 0.15) is 42.8 Å². The summed E-state index contributed by atoms with van der Waals surface area (Å²) in [5.41, 5.74) is 0. The zero-order valence-corrected chi connectivity index (χ0v) is 11.6. The highest BCUT2D eigenvalue weighted by molar-refractivity contribution is 7.99. The quantitative estimate of drug-likeness (QED) is 0.899. The summed E-state index contributed by atoms with van der Waals surface area (Å²) in [6, 6.07) is 0.260. The maximum atomic E-state index is 5.44. The first-order chi connectivity index (χ1) is 8.84. The van der Waals surface area contributed by atoms with Crippen molar-refractivity contribution in [1.82, 2.24) is 20.4 Å². The summed E-state index contributed by atoms with van der Waals surface area (Å²) in [6.45, 7) is 6.38. The van der Waals surface area contributed by atoms with Gasteiger partial charge in [-0.15, -0.1) is 11.8 Å². The largest absolute Gasteiger partial charge is 0.338 e. The molecule has 2 unspecified atom stereocenters. The van der Waals surface area contributed by atoms with Crippen LogP contribution < -0.4 is 5.32 Å². The lowest BCUT2D eigenvalue weighted by Gasteiger charge is -2.30. The average molecular weight is 268 g/mol. The van der Waals surface area contributed by atoms with Gasteiger partial charge in [0.15, 0.2) is 5.82 Å². The van der Waals surface area contributed by atoms with Crippen LogP contribution >= 0.6 is 11.8 Å². The minimum Gasteiger partial charge on any atom is -0.338 e. The van der Waals surface area contributed by atoms with E-state index >= 15 is 0 Å². The lowest BCUT2D eigenvalue weighted by molar-refractivity contribution is 0.176.